The largest absolute Gasteiger partial charge is 0.326 e. The average Bonchev–Trinajstić information content (AvgIpc) is 2.74. The van der Waals surface area contributed by atoms with Gasteiger partial charge in [0.1, 0.15) is 0 Å². The maximum Gasteiger partial charge on any atom is 0.274 e. The number of anilines is 1. The minimum atomic E-state index is -0.335. The molecule has 2 N–H and O–H groups in total. The van der Waals surface area contributed by atoms with Gasteiger partial charge in [0.15, 0.2) is 0 Å². The first-order chi connectivity index (χ1) is 13.7. The fourth-order valence-electron chi connectivity index (χ4n) is 2.65. The van der Waals surface area contributed by atoms with E-state index in [0.717, 1.165) is 11.1 Å². The summed E-state index contributed by atoms with van der Waals surface area (Å²) in [5.74, 6) is -0.398. The molecule has 0 aromatic heterocycles. The third-order valence-corrected chi connectivity index (χ3v) is 4.16. The standard InChI is InChI=1S/C23H22N2O3/c26-22(16-11-18-7-3-1-4-8-18)24-21-14-12-20(13-15-21)23(27)25-28-17-19-9-5-2-6-10-19/h1-10,12-15H,11,16-17H2,(H,24,26)(H,25,27). The van der Waals surface area contributed by atoms with Crippen molar-refractivity contribution in [2.45, 2.75) is 19.4 Å². The zero-order valence-corrected chi connectivity index (χ0v) is 15.4. The number of rotatable bonds is 8. The van der Waals surface area contributed by atoms with Crippen molar-refractivity contribution >= 4 is 17.5 Å². The van der Waals surface area contributed by atoms with E-state index in [2.05, 4.69) is 10.8 Å². The first-order valence-corrected chi connectivity index (χ1v) is 9.10. The van der Waals surface area contributed by atoms with Crippen molar-refractivity contribution in [2.24, 2.45) is 0 Å². The molecule has 0 saturated heterocycles. The van der Waals surface area contributed by atoms with Crippen LogP contribution in [-0.2, 0) is 22.7 Å². The number of carbonyl (C=O) groups excluding carboxylic acids is 2. The van der Waals surface area contributed by atoms with E-state index < -0.39 is 0 Å². The lowest BCUT2D eigenvalue weighted by Crippen LogP contribution is -2.23. The van der Waals surface area contributed by atoms with Gasteiger partial charge in [-0.05, 0) is 41.8 Å². The van der Waals surface area contributed by atoms with E-state index in [9.17, 15) is 9.59 Å². The highest BCUT2D eigenvalue weighted by molar-refractivity contribution is 5.95. The van der Waals surface area contributed by atoms with Crippen LogP contribution in [0.1, 0.15) is 27.9 Å². The van der Waals surface area contributed by atoms with Gasteiger partial charge in [-0.3, -0.25) is 14.4 Å². The lowest BCUT2D eigenvalue weighted by Gasteiger charge is -2.08. The van der Waals surface area contributed by atoms with Crippen LogP contribution in [0.15, 0.2) is 84.9 Å². The van der Waals surface area contributed by atoms with Crippen molar-refractivity contribution in [1.82, 2.24) is 5.48 Å². The Hall–Kier alpha value is -3.44. The average molecular weight is 374 g/mol. The van der Waals surface area contributed by atoms with Crippen LogP contribution in [0.2, 0.25) is 0 Å². The summed E-state index contributed by atoms with van der Waals surface area (Å²) in [4.78, 5) is 29.4. The molecule has 5 heteroatoms. The van der Waals surface area contributed by atoms with Crippen LogP contribution in [0, 0.1) is 0 Å². The maximum atomic E-state index is 12.1. The lowest BCUT2D eigenvalue weighted by molar-refractivity contribution is -0.116. The van der Waals surface area contributed by atoms with Crippen LogP contribution in [0.3, 0.4) is 0 Å². The zero-order valence-electron chi connectivity index (χ0n) is 15.4. The van der Waals surface area contributed by atoms with Crippen LogP contribution >= 0.6 is 0 Å². The molecule has 0 fully saturated rings. The van der Waals surface area contributed by atoms with Crippen molar-refractivity contribution in [2.75, 3.05) is 5.32 Å². The van der Waals surface area contributed by atoms with Gasteiger partial charge < -0.3 is 5.32 Å². The fraction of sp³-hybridized carbons (Fsp3) is 0.130. The smallest absolute Gasteiger partial charge is 0.274 e. The SMILES string of the molecule is O=C(CCc1ccccc1)Nc1ccc(C(=O)NOCc2ccccc2)cc1. The number of amides is 2. The topological polar surface area (TPSA) is 67.4 Å². The van der Waals surface area contributed by atoms with Gasteiger partial charge in [-0.25, -0.2) is 5.48 Å². The number of carbonyl (C=O) groups is 2. The molecule has 3 aromatic carbocycles. The number of benzene rings is 3. The summed E-state index contributed by atoms with van der Waals surface area (Å²) in [6, 6.07) is 26.1. The third-order valence-electron chi connectivity index (χ3n) is 4.16. The van der Waals surface area contributed by atoms with E-state index >= 15 is 0 Å². The molecule has 3 rings (SSSR count). The van der Waals surface area contributed by atoms with Crippen molar-refractivity contribution < 1.29 is 14.4 Å². The van der Waals surface area contributed by atoms with Gasteiger partial charge in [0.2, 0.25) is 5.91 Å². The van der Waals surface area contributed by atoms with Gasteiger partial charge in [-0.2, -0.15) is 0 Å². The molecule has 0 radical (unpaired) electrons. The molecule has 0 saturated carbocycles. The second-order valence-corrected chi connectivity index (χ2v) is 6.32. The van der Waals surface area contributed by atoms with Crippen LogP contribution in [0.25, 0.3) is 0 Å². The van der Waals surface area contributed by atoms with E-state index in [1.807, 2.05) is 60.7 Å². The van der Waals surface area contributed by atoms with E-state index in [1.54, 1.807) is 24.3 Å². The molecule has 0 bridgehead atoms. The second-order valence-electron chi connectivity index (χ2n) is 6.32. The van der Waals surface area contributed by atoms with Gasteiger partial charge >= 0.3 is 0 Å². The van der Waals surface area contributed by atoms with Gasteiger partial charge in [0.25, 0.3) is 5.91 Å². The second kappa shape index (κ2) is 10.0. The first kappa shape index (κ1) is 19.3. The highest BCUT2D eigenvalue weighted by atomic mass is 16.6. The Morgan fingerprint density at radius 2 is 1.36 bits per heavy atom. The van der Waals surface area contributed by atoms with Gasteiger partial charge in [0, 0.05) is 17.7 Å². The molecular formula is C23H22N2O3. The van der Waals surface area contributed by atoms with Gasteiger partial charge in [0.05, 0.1) is 6.61 Å². The van der Waals surface area contributed by atoms with Crippen LogP contribution in [-0.4, -0.2) is 11.8 Å². The van der Waals surface area contributed by atoms with E-state index in [0.29, 0.717) is 30.7 Å². The molecule has 2 amide bonds. The Morgan fingerprint density at radius 1 is 0.750 bits per heavy atom. The molecule has 0 heterocycles. The first-order valence-electron chi connectivity index (χ1n) is 9.10. The van der Waals surface area contributed by atoms with E-state index in [4.69, 9.17) is 4.84 Å². The zero-order chi connectivity index (χ0) is 19.6. The summed E-state index contributed by atoms with van der Waals surface area (Å²) in [6.45, 7) is 0.294. The fourth-order valence-corrected chi connectivity index (χ4v) is 2.65. The minimum absolute atomic E-state index is 0.0627. The maximum absolute atomic E-state index is 12.1. The Balaban J connectivity index is 1.43. The summed E-state index contributed by atoms with van der Waals surface area (Å²) >= 11 is 0. The van der Waals surface area contributed by atoms with E-state index in [1.165, 1.54) is 0 Å². The van der Waals surface area contributed by atoms with Crippen LogP contribution in [0.5, 0.6) is 0 Å². The monoisotopic (exact) mass is 374 g/mol. The molecular weight excluding hydrogens is 352 g/mol. The summed E-state index contributed by atoms with van der Waals surface area (Å²) in [7, 11) is 0. The lowest BCUT2D eigenvalue weighted by atomic mass is 10.1. The summed E-state index contributed by atoms with van der Waals surface area (Å²) in [6.07, 6.45) is 1.09. The van der Waals surface area contributed by atoms with Gasteiger partial charge in [-0.15, -0.1) is 0 Å². The minimum Gasteiger partial charge on any atom is -0.326 e. The number of hydrogen-bond acceptors (Lipinski definition) is 3. The molecule has 0 aliphatic carbocycles. The molecule has 5 nitrogen and oxygen atoms in total. The Labute approximate surface area is 164 Å². The quantitative estimate of drug-likeness (QED) is 0.583. The van der Waals surface area contributed by atoms with Crippen LogP contribution in [0.4, 0.5) is 5.69 Å². The van der Waals surface area contributed by atoms with Crippen molar-refractivity contribution in [3.63, 3.8) is 0 Å². The van der Waals surface area contributed by atoms with Crippen LogP contribution < -0.4 is 10.8 Å². The molecule has 0 unspecified atom stereocenters. The Bertz CT molecular complexity index is 894. The third kappa shape index (κ3) is 6.07. The van der Waals surface area contributed by atoms with Crippen molar-refractivity contribution in [3.05, 3.63) is 102 Å². The molecule has 142 valence electrons. The normalized spacial score (nSPS) is 10.3. The van der Waals surface area contributed by atoms with Gasteiger partial charge in [-0.1, -0.05) is 60.7 Å². The van der Waals surface area contributed by atoms with Crippen molar-refractivity contribution in [1.29, 1.82) is 0 Å². The predicted octanol–water partition coefficient (Wildman–Crippen LogP) is 4.12. The summed E-state index contributed by atoms with van der Waals surface area (Å²) in [5, 5.41) is 2.84. The Kier molecular flexibility index (Phi) is 6.93. The Morgan fingerprint density at radius 3 is 2.00 bits per heavy atom. The van der Waals surface area contributed by atoms with E-state index in [-0.39, 0.29) is 11.8 Å². The summed E-state index contributed by atoms with van der Waals surface area (Å²) in [5.41, 5.74) is 5.62. The van der Waals surface area contributed by atoms with Crippen molar-refractivity contribution in [3.8, 4) is 0 Å². The number of aryl methyl sites for hydroxylation is 1. The predicted molar refractivity (Wildman–Crippen MR) is 109 cm³/mol. The molecule has 0 spiro atoms. The molecule has 28 heavy (non-hydrogen) atoms. The number of hydroxylamine groups is 1. The molecule has 0 atom stereocenters. The highest BCUT2D eigenvalue weighted by Crippen LogP contribution is 2.11. The molecule has 3 aromatic rings. The molecule has 0 aliphatic rings. The molecule has 0 aliphatic heterocycles. The summed E-state index contributed by atoms with van der Waals surface area (Å²) < 4.78 is 0. The highest BCUT2D eigenvalue weighted by Gasteiger charge is 2.07. The number of nitrogens with one attached hydrogen (secondary N) is 2. The number of hydrogen-bond donors (Lipinski definition) is 2.